The van der Waals surface area contributed by atoms with Crippen molar-refractivity contribution in [3.8, 4) is 5.75 Å². The fourth-order valence-corrected chi connectivity index (χ4v) is 2.43. The number of halogens is 3. The minimum Gasteiger partial charge on any atom is -0.486 e. The normalized spacial score (nSPS) is 12.0. The van der Waals surface area contributed by atoms with Crippen LogP contribution in [0.2, 0.25) is 0 Å². The minimum absolute atomic E-state index is 0. The third-order valence-corrected chi connectivity index (χ3v) is 4.29. The van der Waals surface area contributed by atoms with Gasteiger partial charge in [-0.25, -0.2) is 0 Å². The summed E-state index contributed by atoms with van der Waals surface area (Å²) in [5, 5.41) is 0. The second-order valence-electron chi connectivity index (χ2n) is 5.52. The van der Waals surface area contributed by atoms with Gasteiger partial charge in [-0.2, -0.15) is 13.2 Å². The van der Waals surface area contributed by atoms with Crippen molar-refractivity contribution in [2.24, 2.45) is 0 Å². The first kappa shape index (κ1) is 23.2. The molecular formula is C18H17F3NNaOS2. The molecule has 0 aliphatic rings. The number of hydrogen-bond donors (Lipinski definition) is 0. The van der Waals surface area contributed by atoms with Crippen LogP contribution in [0.3, 0.4) is 0 Å². The van der Waals surface area contributed by atoms with Crippen molar-refractivity contribution in [3.05, 3.63) is 65.7 Å². The monoisotopic (exact) mass is 407 g/mol. The number of alkyl halides is 3. The molecule has 0 saturated heterocycles. The van der Waals surface area contributed by atoms with E-state index in [4.69, 9.17) is 29.6 Å². The molecule has 0 amide bonds. The van der Waals surface area contributed by atoms with Crippen molar-refractivity contribution < 1.29 is 47.5 Å². The Kier molecular flexibility index (Phi) is 9.33. The van der Waals surface area contributed by atoms with Gasteiger partial charge in [0.25, 0.3) is 0 Å². The first-order valence-corrected chi connectivity index (χ1v) is 8.40. The molecule has 0 aliphatic heterocycles. The van der Waals surface area contributed by atoms with Gasteiger partial charge in [0.05, 0.1) is 5.56 Å². The zero-order valence-electron chi connectivity index (χ0n) is 14.5. The predicted octanol–water partition coefficient (Wildman–Crippen LogP) is 1.98. The molecule has 0 heterocycles. The summed E-state index contributed by atoms with van der Waals surface area (Å²) in [5.41, 5.74) is 0.235. The molecule has 0 bridgehead atoms. The first-order chi connectivity index (χ1) is 11.8. The maximum atomic E-state index is 12.7. The van der Waals surface area contributed by atoms with E-state index in [-0.39, 0.29) is 35.7 Å². The van der Waals surface area contributed by atoms with Crippen LogP contribution in [0.5, 0.6) is 5.75 Å². The largest absolute Gasteiger partial charge is 1.00 e. The number of benzene rings is 2. The van der Waals surface area contributed by atoms with Gasteiger partial charge in [-0.1, -0.05) is 34.7 Å². The van der Waals surface area contributed by atoms with Crippen LogP contribution >= 0.6 is 12.2 Å². The molecule has 0 saturated carbocycles. The van der Waals surface area contributed by atoms with Crippen LogP contribution in [0, 0.1) is 0 Å². The second kappa shape index (κ2) is 10.5. The Morgan fingerprint density at radius 2 is 1.69 bits per heavy atom. The summed E-state index contributed by atoms with van der Waals surface area (Å²) in [4.78, 5) is 1.76. The molecular weight excluding hydrogens is 390 g/mol. The molecule has 0 fully saturated rings. The summed E-state index contributed by atoms with van der Waals surface area (Å²) in [6.07, 6.45) is -4.08. The van der Waals surface area contributed by atoms with E-state index >= 15 is 0 Å². The van der Waals surface area contributed by atoms with E-state index < -0.39 is 11.7 Å². The Labute approximate surface area is 184 Å². The van der Waals surface area contributed by atoms with Crippen LogP contribution in [0.25, 0.3) is 0 Å². The molecule has 0 aliphatic carbocycles. The number of ether oxygens (including phenoxy) is 1. The van der Waals surface area contributed by atoms with Crippen molar-refractivity contribution in [2.75, 3.05) is 13.6 Å². The van der Waals surface area contributed by atoms with Gasteiger partial charge in [0, 0.05) is 20.0 Å². The van der Waals surface area contributed by atoms with Crippen molar-refractivity contribution in [2.45, 2.75) is 18.7 Å². The van der Waals surface area contributed by atoms with E-state index in [0.717, 1.165) is 17.7 Å². The average Bonchev–Trinajstić information content (AvgIpc) is 2.58. The Hall–Kier alpha value is -0.860. The third kappa shape index (κ3) is 7.04. The molecule has 0 spiro atoms. The second-order valence-corrected chi connectivity index (χ2v) is 6.55. The van der Waals surface area contributed by atoms with Crippen LogP contribution < -0.4 is 34.3 Å². The summed E-state index contributed by atoms with van der Waals surface area (Å²) in [6, 6.07) is 14.2. The molecule has 0 radical (unpaired) electrons. The van der Waals surface area contributed by atoms with Crippen molar-refractivity contribution in [1.82, 2.24) is 4.90 Å². The Balaban J connectivity index is 0.00000338. The SMILES string of the molecule is CN(CCC(Oc1ccc(C(F)(F)F)cc1)c1ccccc1)C(=S)[S-].[Na+]. The summed E-state index contributed by atoms with van der Waals surface area (Å²) in [6.45, 7) is 0.586. The summed E-state index contributed by atoms with van der Waals surface area (Å²) in [7, 11) is 1.80. The fraction of sp³-hybridized carbons (Fsp3) is 0.278. The molecule has 2 nitrogen and oxygen atoms in total. The molecule has 2 aromatic rings. The molecule has 0 N–H and O–H groups in total. The molecule has 134 valence electrons. The fourth-order valence-electron chi connectivity index (χ4n) is 2.25. The molecule has 26 heavy (non-hydrogen) atoms. The zero-order chi connectivity index (χ0) is 18.4. The van der Waals surface area contributed by atoms with Gasteiger partial charge in [-0.05, 0) is 29.8 Å². The maximum absolute atomic E-state index is 12.7. The van der Waals surface area contributed by atoms with Gasteiger partial charge in [0.2, 0.25) is 0 Å². The summed E-state index contributed by atoms with van der Waals surface area (Å²) in [5.74, 6) is 0.380. The van der Waals surface area contributed by atoms with Gasteiger partial charge in [-0.15, -0.1) is 0 Å². The summed E-state index contributed by atoms with van der Waals surface area (Å²) < 4.78 is 44.3. The van der Waals surface area contributed by atoms with E-state index in [1.54, 1.807) is 11.9 Å². The van der Waals surface area contributed by atoms with Gasteiger partial charge in [0.15, 0.2) is 0 Å². The molecule has 1 atom stereocenters. The quantitative estimate of drug-likeness (QED) is 0.412. The van der Waals surface area contributed by atoms with E-state index in [9.17, 15) is 13.2 Å². The third-order valence-electron chi connectivity index (χ3n) is 3.67. The van der Waals surface area contributed by atoms with Crippen LogP contribution in [0.1, 0.15) is 23.7 Å². The molecule has 2 rings (SSSR count). The maximum Gasteiger partial charge on any atom is 1.00 e. The van der Waals surface area contributed by atoms with Crippen LogP contribution in [0.4, 0.5) is 13.2 Å². The first-order valence-electron chi connectivity index (χ1n) is 7.58. The van der Waals surface area contributed by atoms with Crippen LogP contribution in [-0.4, -0.2) is 22.8 Å². The molecule has 2 aromatic carbocycles. The molecule has 1 unspecified atom stereocenters. The number of hydrogen-bond acceptors (Lipinski definition) is 3. The van der Waals surface area contributed by atoms with Gasteiger partial charge >= 0.3 is 35.7 Å². The molecule has 8 heteroatoms. The summed E-state index contributed by atoms with van der Waals surface area (Å²) >= 11 is 9.92. The standard InChI is InChI=1S/C18H18F3NOS2.Na/c1-22(17(24)25)12-11-16(13-5-3-2-4-6-13)23-15-9-7-14(8-10-15)18(19,20)21;/h2-10,16H,11-12H2,1H3,(H,24,25);/q;+1/p-1. The van der Waals surface area contributed by atoms with E-state index in [1.165, 1.54) is 12.1 Å². The van der Waals surface area contributed by atoms with Crippen molar-refractivity contribution in [1.29, 1.82) is 0 Å². The number of rotatable bonds is 6. The van der Waals surface area contributed by atoms with E-state index in [0.29, 0.717) is 23.0 Å². The van der Waals surface area contributed by atoms with Crippen LogP contribution in [-0.2, 0) is 18.8 Å². The van der Waals surface area contributed by atoms with Gasteiger partial charge < -0.3 is 34.5 Å². The number of thiocarbonyl (C=S) groups is 1. The predicted molar refractivity (Wildman–Crippen MR) is 98.5 cm³/mol. The van der Waals surface area contributed by atoms with Gasteiger partial charge in [-0.3, -0.25) is 0 Å². The van der Waals surface area contributed by atoms with Crippen LogP contribution in [0.15, 0.2) is 54.6 Å². The topological polar surface area (TPSA) is 12.5 Å². The van der Waals surface area contributed by atoms with Gasteiger partial charge in [0.1, 0.15) is 11.9 Å². The Morgan fingerprint density at radius 1 is 1.12 bits per heavy atom. The molecule has 0 aromatic heterocycles. The average molecular weight is 407 g/mol. The van der Waals surface area contributed by atoms with E-state index in [2.05, 4.69) is 0 Å². The Bertz CT molecular complexity index is 696. The minimum atomic E-state index is -4.36. The number of nitrogens with zero attached hydrogens (tertiary/aromatic N) is 1. The van der Waals surface area contributed by atoms with Crippen molar-refractivity contribution >= 4 is 29.2 Å². The van der Waals surface area contributed by atoms with Crippen molar-refractivity contribution in [3.63, 3.8) is 0 Å². The zero-order valence-corrected chi connectivity index (χ0v) is 18.1. The Morgan fingerprint density at radius 3 is 2.19 bits per heavy atom. The van der Waals surface area contributed by atoms with E-state index in [1.807, 2.05) is 30.3 Å². The smallest absolute Gasteiger partial charge is 0.486 e.